The van der Waals surface area contributed by atoms with Crippen molar-refractivity contribution in [2.45, 2.75) is 12.5 Å². The largest absolute Gasteiger partial charge is 0.480 e. The van der Waals surface area contributed by atoms with Gasteiger partial charge in [-0.25, -0.2) is 10.1 Å². The van der Waals surface area contributed by atoms with Gasteiger partial charge in [0.25, 0.3) is 0 Å². The summed E-state index contributed by atoms with van der Waals surface area (Å²) in [5.41, 5.74) is 0. The molecule has 1 rings (SSSR count). The van der Waals surface area contributed by atoms with Crippen LogP contribution in [0.15, 0.2) is 0 Å². The maximum atomic E-state index is 10.5. The van der Waals surface area contributed by atoms with Crippen molar-refractivity contribution in [3.05, 3.63) is 0 Å². The molecule has 1 radical (unpaired) electrons. The van der Waals surface area contributed by atoms with Crippen molar-refractivity contribution in [3.63, 3.8) is 0 Å². The molecule has 1 aliphatic heterocycles. The highest BCUT2D eigenvalue weighted by atomic mass is 16.4. The Bertz CT molecular complexity index is 154. The minimum atomic E-state index is -1.13. The third-order valence-corrected chi connectivity index (χ3v) is 1.21. The van der Waals surface area contributed by atoms with E-state index < -0.39 is 12.0 Å². The summed E-state index contributed by atoms with van der Waals surface area (Å²) in [5.74, 6) is -1.40. The SMILES string of the molecule is O=C(O)C1[N]CCC1=O. The van der Waals surface area contributed by atoms with Crippen molar-refractivity contribution < 1.29 is 14.7 Å². The van der Waals surface area contributed by atoms with Crippen molar-refractivity contribution in [3.8, 4) is 0 Å². The summed E-state index contributed by atoms with van der Waals surface area (Å²) in [5, 5.41) is 11.8. The van der Waals surface area contributed by atoms with E-state index in [2.05, 4.69) is 5.32 Å². The Morgan fingerprint density at radius 1 is 1.78 bits per heavy atom. The van der Waals surface area contributed by atoms with Gasteiger partial charge in [-0.2, -0.15) is 0 Å². The molecular formula is C5H6NO3. The van der Waals surface area contributed by atoms with Gasteiger partial charge in [0.15, 0.2) is 11.8 Å². The quantitative estimate of drug-likeness (QED) is 0.461. The van der Waals surface area contributed by atoms with Crippen molar-refractivity contribution in [2.75, 3.05) is 6.54 Å². The Kier molecular flexibility index (Phi) is 1.48. The van der Waals surface area contributed by atoms with Gasteiger partial charge < -0.3 is 5.11 Å². The highest BCUT2D eigenvalue weighted by Crippen LogP contribution is 2.01. The van der Waals surface area contributed by atoms with Crippen molar-refractivity contribution in [1.82, 2.24) is 5.32 Å². The minimum absolute atomic E-state index is 0.275. The van der Waals surface area contributed by atoms with Crippen LogP contribution in [0, 0.1) is 0 Å². The van der Waals surface area contributed by atoms with Crippen LogP contribution in [0.3, 0.4) is 0 Å². The van der Waals surface area contributed by atoms with Gasteiger partial charge in [-0.3, -0.25) is 4.79 Å². The van der Waals surface area contributed by atoms with Crippen LogP contribution in [0.25, 0.3) is 0 Å². The molecule has 0 spiro atoms. The van der Waals surface area contributed by atoms with Gasteiger partial charge in [0, 0.05) is 13.0 Å². The second kappa shape index (κ2) is 2.14. The Morgan fingerprint density at radius 2 is 2.44 bits per heavy atom. The van der Waals surface area contributed by atoms with Crippen LogP contribution in [0.2, 0.25) is 0 Å². The van der Waals surface area contributed by atoms with E-state index >= 15 is 0 Å². The number of ketones is 1. The summed E-state index contributed by atoms with van der Waals surface area (Å²) in [7, 11) is 0. The van der Waals surface area contributed by atoms with E-state index in [-0.39, 0.29) is 12.2 Å². The first-order chi connectivity index (χ1) is 4.22. The van der Waals surface area contributed by atoms with Gasteiger partial charge in [-0.05, 0) is 0 Å². The first-order valence-corrected chi connectivity index (χ1v) is 2.64. The van der Waals surface area contributed by atoms with Crippen LogP contribution in [0.4, 0.5) is 0 Å². The minimum Gasteiger partial charge on any atom is -0.480 e. The van der Waals surface area contributed by atoms with E-state index in [1.165, 1.54) is 0 Å². The van der Waals surface area contributed by atoms with Gasteiger partial charge >= 0.3 is 5.97 Å². The molecule has 4 nitrogen and oxygen atoms in total. The second-order valence-corrected chi connectivity index (χ2v) is 1.86. The average molecular weight is 128 g/mol. The Balaban J connectivity index is 2.60. The smallest absolute Gasteiger partial charge is 0.330 e. The zero-order valence-corrected chi connectivity index (χ0v) is 4.70. The molecule has 0 bridgehead atoms. The first kappa shape index (κ1) is 6.22. The zero-order valence-electron chi connectivity index (χ0n) is 4.70. The number of carbonyl (C=O) groups excluding carboxylic acids is 1. The van der Waals surface area contributed by atoms with Crippen LogP contribution in [0.1, 0.15) is 6.42 Å². The van der Waals surface area contributed by atoms with Crippen molar-refractivity contribution >= 4 is 11.8 Å². The number of hydrogen-bond acceptors (Lipinski definition) is 2. The van der Waals surface area contributed by atoms with Gasteiger partial charge in [0.1, 0.15) is 0 Å². The first-order valence-electron chi connectivity index (χ1n) is 2.64. The van der Waals surface area contributed by atoms with Gasteiger partial charge in [0.05, 0.1) is 0 Å². The predicted molar refractivity (Wildman–Crippen MR) is 28.0 cm³/mol. The molecule has 1 aliphatic rings. The van der Waals surface area contributed by atoms with Crippen molar-refractivity contribution in [2.24, 2.45) is 0 Å². The molecule has 0 aromatic carbocycles. The monoisotopic (exact) mass is 128 g/mol. The summed E-state index contributed by atoms with van der Waals surface area (Å²) in [6, 6.07) is -1.06. The summed E-state index contributed by atoms with van der Waals surface area (Å²) < 4.78 is 0. The van der Waals surface area contributed by atoms with Crippen molar-refractivity contribution in [1.29, 1.82) is 0 Å². The topological polar surface area (TPSA) is 68.5 Å². The number of hydrogen-bond donors (Lipinski definition) is 1. The van der Waals surface area contributed by atoms with Gasteiger partial charge in [-0.1, -0.05) is 0 Å². The lowest BCUT2D eigenvalue weighted by molar-refractivity contribution is -0.142. The number of carboxylic acid groups (broad SMARTS) is 1. The molecule has 0 aromatic rings. The average Bonchev–Trinajstić information content (AvgIpc) is 2.13. The Morgan fingerprint density at radius 3 is 2.67 bits per heavy atom. The maximum absolute atomic E-state index is 10.5. The standard InChI is InChI=1S/C5H6NO3/c7-3-1-2-6-4(3)5(8)9/h4H,1-2H2,(H,8,9). The molecule has 4 heteroatoms. The zero-order chi connectivity index (χ0) is 6.85. The normalized spacial score (nSPS) is 26.7. The molecule has 1 fully saturated rings. The Labute approximate surface area is 51.9 Å². The fourth-order valence-corrected chi connectivity index (χ4v) is 0.758. The van der Waals surface area contributed by atoms with E-state index in [9.17, 15) is 9.59 Å². The number of carbonyl (C=O) groups is 2. The fraction of sp³-hybridized carbons (Fsp3) is 0.600. The molecule has 0 amide bonds. The third kappa shape index (κ3) is 1.08. The second-order valence-electron chi connectivity index (χ2n) is 1.86. The fourth-order valence-electron chi connectivity index (χ4n) is 0.758. The van der Waals surface area contributed by atoms with E-state index in [4.69, 9.17) is 5.11 Å². The number of Topliss-reactive ketones (excluding diaryl/α,β-unsaturated/α-hetero) is 1. The maximum Gasteiger partial charge on any atom is 0.330 e. The molecule has 9 heavy (non-hydrogen) atoms. The molecule has 0 aromatic heterocycles. The number of rotatable bonds is 1. The third-order valence-electron chi connectivity index (χ3n) is 1.21. The highest BCUT2D eigenvalue weighted by molar-refractivity contribution is 6.03. The van der Waals surface area contributed by atoms with Crippen LogP contribution < -0.4 is 5.32 Å². The molecule has 0 aliphatic carbocycles. The summed E-state index contributed by atoms with van der Waals surface area (Å²) >= 11 is 0. The Hall–Kier alpha value is -0.900. The van der Waals surface area contributed by atoms with E-state index in [0.717, 1.165) is 0 Å². The molecule has 1 N–H and O–H groups in total. The van der Waals surface area contributed by atoms with Gasteiger partial charge in [0.2, 0.25) is 0 Å². The van der Waals surface area contributed by atoms with Gasteiger partial charge in [-0.15, -0.1) is 0 Å². The lowest BCUT2D eigenvalue weighted by Gasteiger charge is -1.96. The number of nitrogens with zero attached hydrogens (tertiary/aromatic N) is 1. The molecule has 0 saturated carbocycles. The molecule has 1 heterocycles. The molecule has 1 saturated heterocycles. The number of aliphatic carboxylic acids is 1. The molecule has 1 unspecified atom stereocenters. The molecule has 1 atom stereocenters. The summed E-state index contributed by atoms with van der Waals surface area (Å²) in [6.45, 7) is 0.371. The lowest BCUT2D eigenvalue weighted by Crippen LogP contribution is -2.30. The van der Waals surface area contributed by atoms with E-state index in [0.29, 0.717) is 6.54 Å². The molecular weight excluding hydrogens is 122 g/mol. The van der Waals surface area contributed by atoms with Crippen LogP contribution in [0.5, 0.6) is 0 Å². The van der Waals surface area contributed by atoms with Crippen LogP contribution >= 0.6 is 0 Å². The van der Waals surface area contributed by atoms with Crippen LogP contribution in [-0.2, 0) is 9.59 Å². The van der Waals surface area contributed by atoms with Crippen LogP contribution in [-0.4, -0.2) is 29.4 Å². The highest BCUT2D eigenvalue weighted by Gasteiger charge is 2.31. The predicted octanol–water partition coefficient (Wildman–Crippen LogP) is -0.983. The lowest BCUT2D eigenvalue weighted by atomic mass is 10.2. The summed E-state index contributed by atoms with van der Waals surface area (Å²) in [4.78, 5) is 20.6. The van der Waals surface area contributed by atoms with E-state index in [1.807, 2.05) is 0 Å². The summed E-state index contributed by atoms with van der Waals surface area (Å²) in [6.07, 6.45) is 0.289. The molecule has 49 valence electrons. The van der Waals surface area contributed by atoms with E-state index in [1.54, 1.807) is 0 Å². The number of carboxylic acids is 1.